The second-order valence-corrected chi connectivity index (χ2v) is 5.68. The number of nitrogen functional groups attached to an aromatic ring is 1. The van der Waals surface area contributed by atoms with Crippen LogP contribution in [-0.2, 0) is 0 Å². The summed E-state index contributed by atoms with van der Waals surface area (Å²) in [6.07, 6.45) is 3.53. The molecule has 0 saturated heterocycles. The fourth-order valence-electron chi connectivity index (χ4n) is 1.55. The predicted molar refractivity (Wildman–Crippen MR) is 71.0 cm³/mol. The van der Waals surface area contributed by atoms with Crippen molar-refractivity contribution >= 4 is 11.6 Å². The lowest BCUT2D eigenvalue weighted by atomic mass is 9.90. The molecule has 0 atom stereocenters. The molecule has 4 nitrogen and oxygen atoms in total. The van der Waals surface area contributed by atoms with Gasteiger partial charge in [-0.05, 0) is 24.7 Å². The van der Waals surface area contributed by atoms with Gasteiger partial charge in [0.2, 0.25) is 0 Å². The van der Waals surface area contributed by atoms with Crippen molar-refractivity contribution < 1.29 is 0 Å². The average molecular weight is 234 g/mol. The molecule has 0 aliphatic heterocycles. The lowest BCUT2D eigenvalue weighted by Gasteiger charge is -2.23. The Balaban J connectivity index is 2.05. The number of hydrogen-bond donors (Lipinski definition) is 2. The third-order valence-electron chi connectivity index (χ3n) is 3.41. The highest BCUT2D eigenvalue weighted by atomic mass is 15.1. The molecule has 3 N–H and O–H groups in total. The molecule has 1 aromatic rings. The topological polar surface area (TPSA) is 63.8 Å². The van der Waals surface area contributed by atoms with Crippen molar-refractivity contribution in [1.29, 1.82) is 0 Å². The van der Waals surface area contributed by atoms with Crippen molar-refractivity contribution in [2.75, 3.05) is 17.6 Å². The summed E-state index contributed by atoms with van der Waals surface area (Å²) >= 11 is 0. The minimum atomic E-state index is 0.277. The Morgan fingerprint density at radius 3 is 2.71 bits per heavy atom. The van der Waals surface area contributed by atoms with E-state index >= 15 is 0 Å². The van der Waals surface area contributed by atoms with E-state index in [1.807, 2.05) is 6.07 Å². The van der Waals surface area contributed by atoms with Crippen LogP contribution < -0.4 is 11.1 Å². The van der Waals surface area contributed by atoms with Crippen molar-refractivity contribution in [3.63, 3.8) is 0 Å². The lowest BCUT2D eigenvalue weighted by Crippen LogP contribution is -2.22. The zero-order chi connectivity index (χ0) is 12.5. The first-order valence-corrected chi connectivity index (χ1v) is 6.38. The molecule has 0 bridgehead atoms. The van der Waals surface area contributed by atoms with Crippen LogP contribution in [0.1, 0.15) is 51.8 Å². The summed E-state index contributed by atoms with van der Waals surface area (Å²) in [6, 6.07) is 1.82. The molecule has 1 aliphatic rings. The van der Waals surface area contributed by atoms with Crippen molar-refractivity contribution in [3.05, 3.63) is 11.9 Å². The van der Waals surface area contributed by atoms with Crippen molar-refractivity contribution in [2.24, 2.45) is 5.41 Å². The highest BCUT2D eigenvalue weighted by molar-refractivity contribution is 5.45. The van der Waals surface area contributed by atoms with E-state index in [0.717, 1.165) is 24.6 Å². The molecule has 1 aliphatic carbocycles. The van der Waals surface area contributed by atoms with E-state index in [0.29, 0.717) is 11.7 Å². The van der Waals surface area contributed by atoms with Crippen LogP contribution in [0.25, 0.3) is 0 Å². The van der Waals surface area contributed by atoms with Gasteiger partial charge in [-0.2, -0.15) is 0 Å². The van der Waals surface area contributed by atoms with Crippen LogP contribution in [0.2, 0.25) is 0 Å². The summed E-state index contributed by atoms with van der Waals surface area (Å²) in [6.45, 7) is 7.59. The molecule has 0 radical (unpaired) electrons. The Morgan fingerprint density at radius 2 is 2.12 bits per heavy atom. The van der Waals surface area contributed by atoms with E-state index in [9.17, 15) is 0 Å². The van der Waals surface area contributed by atoms with Crippen molar-refractivity contribution in [1.82, 2.24) is 9.97 Å². The van der Waals surface area contributed by atoms with Gasteiger partial charge < -0.3 is 11.1 Å². The zero-order valence-electron chi connectivity index (χ0n) is 11.0. The molecule has 94 valence electrons. The maximum absolute atomic E-state index is 5.81. The maximum atomic E-state index is 5.81. The largest absolute Gasteiger partial charge is 0.384 e. The van der Waals surface area contributed by atoms with Crippen LogP contribution in [0.4, 0.5) is 11.6 Å². The lowest BCUT2D eigenvalue weighted by molar-refractivity contribution is 0.376. The van der Waals surface area contributed by atoms with Crippen LogP contribution in [0, 0.1) is 5.41 Å². The van der Waals surface area contributed by atoms with E-state index in [1.54, 1.807) is 0 Å². The second kappa shape index (κ2) is 4.51. The normalized spacial score (nSPS) is 15.9. The number of nitrogens with zero attached hydrogens (tertiary/aromatic N) is 2. The van der Waals surface area contributed by atoms with Gasteiger partial charge in [0, 0.05) is 18.5 Å². The van der Waals surface area contributed by atoms with E-state index in [2.05, 4.69) is 36.1 Å². The Morgan fingerprint density at radius 1 is 1.41 bits per heavy atom. The van der Waals surface area contributed by atoms with E-state index < -0.39 is 0 Å². The fraction of sp³-hybridized carbons (Fsp3) is 0.692. The van der Waals surface area contributed by atoms with Gasteiger partial charge in [-0.1, -0.05) is 20.8 Å². The number of nitrogens with two attached hydrogens (primary N) is 1. The summed E-state index contributed by atoms with van der Waals surface area (Å²) in [4.78, 5) is 8.82. The van der Waals surface area contributed by atoms with E-state index in [4.69, 9.17) is 5.73 Å². The number of nitrogens with one attached hydrogen (secondary N) is 1. The highest BCUT2D eigenvalue weighted by Crippen LogP contribution is 2.38. The van der Waals surface area contributed by atoms with Gasteiger partial charge in [-0.15, -0.1) is 0 Å². The van der Waals surface area contributed by atoms with Gasteiger partial charge in [0.1, 0.15) is 17.5 Å². The van der Waals surface area contributed by atoms with Gasteiger partial charge in [0.15, 0.2) is 0 Å². The van der Waals surface area contributed by atoms with Crippen LogP contribution in [-0.4, -0.2) is 16.5 Å². The summed E-state index contributed by atoms with van der Waals surface area (Å²) in [5, 5.41) is 3.37. The summed E-state index contributed by atoms with van der Waals surface area (Å²) in [7, 11) is 0. The molecule has 4 heteroatoms. The van der Waals surface area contributed by atoms with Gasteiger partial charge in [-0.25, -0.2) is 9.97 Å². The molecule has 0 aromatic carbocycles. The molecule has 2 rings (SSSR count). The molecule has 1 saturated carbocycles. The first-order valence-electron chi connectivity index (χ1n) is 6.38. The summed E-state index contributed by atoms with van der Waals surface area (Å²) in [5.41, 5.74) is 6.08. The SMILES string of the molecule is CCC(C)(C)CNc1cc(N)nc(C2CC2)n1. The van der Waals surface area contributed by atoms with Gasteiger partial charge >= 0.3 is 0 Å². The van der Waals surface area contributed by atoms with Crippen molar-refractivity contribution in [3.8, 4) is 0 Å². The van der Waals surface area contributed by atoms with Crippen LogP contribution in [0.5, 0.6) is 0 Å². The molecule has 17 heavy (non-hydrogen) atoms. The van der Waals surface area contributed by atoms with Crippen molar-refractivity contribution in [2.45, 2.75) is 46.0 Å². The Bertz CT molecular complexity index is 396. The molecule has 0 spiro atoms. The second-order valence-electron chi connectivity index (χ2n) is 5.68. The van der Waals surface area contributed by atoms with E-state index in [1.165, 1.54) is 12.8 Å². The van der Waals surface area contributed by atoms with Gasteiger partial charge in [0.25, 0.3) is 0 Å². The first kappa shape index (κ1) is 12.1. The quantitative estimate of drug-likeness (QED) is 0.822. The zero-order valence-corrected chi connectivity index (χ0v) is 11.0. The standard InChI is InChI=1S/C13H22N4/c1-4-13(2,3)8-15-11-7-10(14)16-12(17-11)9-5-6-9/h7,9H,4-6,8H2,1-3H3,(H3,14,15,16,17). The summed E-state index contributed by atoms with van der Waals surface area (Å²) in [5.74, 6) is 2.87. The fourth-order valence-corrected chi connectivity index (χ4v) is 1.55. The third-order valence-corrected chi connectivity index (χ3v) is 3.41. The molecule has 1 aromatic heterocycles. The van der Waals surface area contributed by atoms with E-state index in [-0.39, 0.29) is 5.41 Å². The molecule has 0 unspecified atom stereocenters. The van der Waals surface area contributed by atoms with Gasteiger partial charge in [-0.3, -0.25) is 0 Å². The smallest absolute Gasteiger partial charge is 0.136 e. The van der Waals surface area contributed by atoms with Crippen LogP contribution in [0.3, 0.4) is 0 Å². The van der Waals surface area contributed by atoms with Gasteiger partial charge in [0.05, 0.1) is 0 Å². The summed E-state index contributed by atoms with van der Waals surface area (Å²) < 4.78 is 0. The number of rotatable bonds is 5. The highest BCUT2D eigenvalue weighted by Gasteiger charge is 2.27. The molecule has 0 amide bonds. The van der Waals surface area contributed by atoms with Crippen LogP contribution in [0.15, 0.2) is 6.07 Å². The molecular weight excluding hydrogens is 212 g/mol. The Labute approximate surface area is 103 Å². The Hall–Kier alpha value is -1.32. The number of aromatic nitrogens is 2. The minimum Gasteiger partial charge on any atom is -0.384 e. The Kier molecular flexibility index (Phi) is 3.22. The van der Waals surface area contributed by atoms with Crippen LogP contribution >= 0.6 is 0 Å². The minimum absolute atomic E-state index is 0.277. The average Bonchev–Trinajstić information content (AvgIpc) is 3.10. The molecule has 1 fully saturated rings. The monoisotopic (exact) mass is 234 g/mol. The first-order chi connectivity index (χ1) is 8.00. The number of hydrogen-bond acceptors (Lipinski definition) is 4. The number of anilines is 2. The predicted octanol–water partition coefficient (Wildman–Crippen LogP) is 2.78. The third kappa shape index (κ3) is 3.32. The molecular formula is C13H22N4. The maximum Gasteiger partial charge on any atom is 0.136 e. The molecule has 1 heterocycles.